The lowest BCUT2D eigenvalue weighted by molar-refractivity contribution is -0.433. The molecule has 0 saturated heterocycles. The van der Waals surface area contributed by atoms with Gasteiger partial charge in [0.15, 0.2) is 0 Å². The number of ether oxygens (including phenoxy) is 2. The second-order valence-electron chi connectivity index (χ2n) is 1.87. The maximum Gasteiger partial charge on any atom is 0.415 e. The Morgan fingerprint density at radius 1 is 1.50 bits per heavy atom. The molecule has 1 N–H and O–H groups in total. The van der Waals surface area contributed by atoms with Crippen molar-refractivity contribution in [3.8, 4) is 0 Å². The SMILES string of the molecule is COCCOC(=O)C(F)(F)SOOO. The fraction of sp³-hybridized carbons (Fsp3) is 0.800. The number of hydrogen-bond donors (Lipinski definition) is 1. The average Bonchev–Trinajstić information content (AvgIpc) is 2.15. The smallest absolute Gasteiger partial charge is 0.415 e. The summed E-state index contributed by atoms with van der Waals surface area (Å²) in [5, 5.41) is 6.53. The summed E-state index contributed by atoms with van der Waals surface area (Å²) in [5.74, 6) is -1.81. The van der Waals surface area contributed by atoms with Gasteiger partial charge in [-0.3, -0.25) is 0 Å². The van der Waals surface area contributed by atoms with Crippen LogP contribution in [0, 0.1) is 0 Å². The fourth-order valence-corrected chi connectivity index (χ4v) is 0.637. The Morgan fingerprint density at radius 3 is 2.64 bits per heavy atom. The second-order valence-corrected chi connectivity index (χ2v) is 2.69. The largest absolute Gasteiger partial charge is 0.458 e. The van der Waals surface area contributed by atoms with Gasteiger partial charge in [-0.2, -0.15) is 8.78 Å². The Kier molecular flexibility index (Phi) is 6.66. The molecule has 0 aliphatic rings. The van der Waals surface area contributed by atoms with Gasteiger partial charge in [0.25, 0.3) is 0 Å². The van der Waals surface area contributed by atoms with Crippen LogP contribution in [0.2, 0.25) is 0 Å². The summed E-state index contributed by atoms with van der Waals surface area (Å²) in [4.78, 5) is 10.6. The summed E-state index contributed by atoms with van der Waals surface area (Å²) in [7, 11) is 1.32. The Balaban J connectivity index is 3.82. The van der Waals surface area contributed by atoms with Crippen LogP contribution in [0.1, 0.15) is 0 Å². The van der Waals surface area contributed by atoms with Gasteiger partial charge >= 0.3 is 11.2 Å². The van der Waals surface area contributed by atoms with Crippen LogP contribution in [0.4, 0.5) is 8.78 Å². The molecule has 0 aliphatic heterocycles. The summed E-state index contributed by atoms with van der Waals surface area (Å²) >= 11 is -0.676. The van der Waals surface area contributed by atoms with Crippen LogP contribution < -0.4 is 0 Å². The van der Waals surface area contributed by atoms with E-state index in [4.69, 9.17) is 5.26 Å². The minimum Gasteiger partial charge on any atom is -0.458 e. The first kappa shape index (κ1) is 13.5. The van der Waals surface area contributed by atoms with E-state index >= 15 is 0 Å². The van der Waals surface area contributed by atoms with Gasteiger partial charge in [0.1, 0.15) is 18.6 Å². The molecule has 0 aromatic rings. The van der Waals surface area contributed by atoms with Crippen LogP contribution >= 0.6 is 12.0 Å². The van der Waals surface area contributed by atoms with Crippen LogP contribution in [0.15, 0.2) is 0 Å². The third-order valence-corrected chi connectivity index (χ3v) is 1.43. The molecule has 0 unspecified atom stereocenters. The molecular formula is C5H8F2O6S. The van der Waals surface area contributed by atoms with Crippen molar-refractivity contribution in [1.29, 1.82) is 0 Å². The number of carbonyl (C=O) groups is 1. The molecule has 84 valence electrons. The molecule has 0 amide bonds. The quantitative estimate of drug-likeness (QED) is 0.230. The molecule has 0 aromatic heterocycles. The van der Waals surface area contributed by atoms with Crippen LogP contribution in [0.3, 0.4) is 0 Å². The van der Waals surface area contributed by atoms with E-state index in [1.54, 1.807) is 0 Å². The Hall–Kier alpha value is -0.480. The number of hydrogen-bond acceptors (Lipinski definition) is 7. The van der Waals surface area contributed by atoms with Crippen molar-refractivity contribution in [2.24, 2.45) is 0 Å². The van der Waals surface area contributed by atoms with Gasteiger partial charge in [0.05, 0.1) is 6.61 Å². The van der Waals surface area contributed by atoms with Gasteiger partial charge in [0.2, 0.25) is 0 Å². The fourth-order valence-electron chi connectivity index (χ4n) is 0.394. The van der Waals surface area contributed by atoms with E-state index in [1.165, 1.54) is 7.11 Å². The molecular weight excluding hydrogens is 226 g/mol. The van der Waals surface area contributed by atoms with E-state index < -0.39 is 23.3 Å². The van der Waals surface area contributed by atoms with E-state index in [-0.39, 0.29) is 13.2 Å². The molecule has 14 heavy (non-hydrogen) atoms. The topological polar surface area (TPSA) is 74.2 Å². The van der Waals surface area contributed by atoms with E-state index in [0.717, 1.165) is 0 Å². The van der Waals surface area contributed by atoms with E-state index in [9.17, 15) is 13.6 Å². The minimum atomic E-state index is -3.95. The highest BCUT2D eigenvalue weighted by Gasteiger charge is 2.44. The highest BCUT2D eigenvalue weighted by Crippen LogP contribution is 2.30. The predicted molar refractivity (Wildman–Crippen MR) is 40.2 cm³/mol. The molecule has 9 heteroatoms. The molecule has 0 rings (SSSR count). The summed E-state index contributed by atoms with van der Waals surface area (Å²) < 4.78 is 37.1. The van der Waals surface area contributed by atoms with Crippen molar-refractivity contribution in [1.82, 2.24) is 0 Å². The Labute approximate surface area is 82.1 Å². The van der Waals surface area contributed by atoms with Gasteiger partial charge in [0, 0.05) is 7.11 Å². The maximum absolute atomic E-state index is 12.6. The maximum atomic E-state index is 12.6. The first-order chi connectivity index (χ1) is 6.54. The predicted octanol–water partition coefficient (Wildman–Crippen LogP) is 0.838. The highest BCUT2D eigenvalue weighted by molar-refractivity contribution is 7.96. The lowest BCUT2D eigenvalue weighted by Gasteiger charge is -2.11. The number of alkyl halides is 2. The molecule has 6 nitrogen and oxygen atoms in total. The number of carbonyl (C=O) groups excluding carboxylic acids is 1. The standard InChI is InChI=1S/C5H8F2O6S/c1-10-2-3-11-4(8)5(6,7)14-13-12-9/h9H,2-3H2,1H3. The van der Waals surface area contributed by atoms with Crippen molar-refractivity contribution in [2.75, 3.05) is 20.3 Å². The van der Waals surface area contributed by atoms with Gasteiger partial charge in [-0.05, 0) is 0 Å². The zero-order chi connectivity index (χ0) is 11.0. The van der Waals surface area contributed by atoms with Crippen molar-refractivity contribution in [2.45, 2.75) is 5.25 Å². The number of esters is 1. The molecule has 0 saturated carbocycles. The van der Waals surface area contributed by atoms with Gasteiger partial charge < -0.3 is 9.47 Å². The Morgan fingerprint density at radius 2 is 2.14 bits per heavy atom. The third kappa shape index (κ3) is 5.29. The van der Waals surface area contributed by atoms with Gasteiger partial charge in [-0.15, -0.1) is 4.33 Å². The molecule has 0 bridgehead atoms. The van der Waals surface area contributed by atoms with E-state index in [1.807, 2.05) is 0 Å². The number of methoxy groups -OCH3 is 1. The summed E-state index contributed by atoms with van der Waals surface area (Å²) in [6, 6.07) is 0. The van der Waals surface area contributed by atoms with Crippen molar-refractivity contribution in [3.63, 3.8) is 0 Å². The van der Waals surface area contributed by atoms with Crippen molar-refractivity contribution < 1.29 is 37.7 Å². The first-order valence-electron chi connectivity index (χ1n) is 3.24. The van der Waals surface area contributed by atoms with Crippen LogP contribution in [-0.4, -0.2) is 36.8 Å². The molecule has 0 heterocycles. The first-order valence-corrected chi connectivity index (χ1v) is 3.98. The third-order valence-electron chi connectivity index (χ3n) is 0.927. The van der Waals surface area contributed by atoms with Crippen molar-refractivity contribution in [3.05, 3.63) is 0 Å². The molecule has 0 radical (unpaired) electrons. The van der Waals surface area contributed by atoms with Gasteiger partial charge in [-0.25, -0.2) is 10.1 Å². The van der Waals surface area contributed by atoms with Gasteiger partial charge in [-0.1, -0.05) is 5.04 Å². The minimum absolute atomic E-state index is 0.00381. The summed E-state index contributed by atoms with van der Waals surface area (Å²) in [6.45, 7) is -0.296. The molecule has 0 atom stereocenters. The van der Waals surface area contributed by atoms with E-state index in [0.29, 0.717) is 0 Å². The molecule has 0 aromatic carbocycles. The summed E-state index contributed by atoms with van der Waals surface area (Å²) in [6.07, 6.45) is 0. The lowest BCUT2D eigenvalue weighted by atomic mass is 10.7. The van der Waals surface area contributed by atoms with Crippen molar-refractivity contribution >= 4 is 18.0 Å². The van der Waals surface area contributed by atoms with Crippen LogP contribution in [-0.2, 0) is 23.6 Å². The monoisotopic (exact) mass is 234 g/mol. The van der Waals surface area contributed by atoms with Crippen LogP contribution in [0.5, 0.6) is 0 Å². The lowest BCUT2D eigenvalue weighted by Crippen LogP contribution is -2.28. The second kappa shape index (κ2) is 6.90. The number of halogens is 2. The number of rotatable bonds is 7. The molecule has 0 fully saturated rings. The average molecular weight is 234 g/mol. The highest BCUT2D eigenvalue weighted by atomic mass is 32.2. The molecule has 0 spiro atoms. The zero-order valence-corrected chi connectivity index (χ0v) is 7.88. The zero-order valence-electron chi connectivity index (χ0n) is 7.07. The normalized spacial score (nSPS) is 11.4. The summed E-state index contributed by atoms with van der Waals surface area (Å²) in [5.41, 5.74) is 0. The molecule has 0 aliphatic carbocycles. The Bertz CT molecular complexity index is 178. The van der Waals surface area contributed by atoms with Crippen LogP contribution in [0.25, 0.3) is 0 Å². The van der Waals surface area contributed by atoms with E-state index in [2.05, 4.69) is 18.8 Å².